The molecule has 0 atom stereocenters. The number of fused-ring (bicyclic) bond motifs is 1. The zero-order valence-electron chi connectivity index (χ0n) is 10.5. The average molecular weight is 218 g/mol. The standard InChI is InChI=1S/C8H6N4.2C2H6/c1-6-2-3-8-10-5-7(4-9)12(8)11-6;2*1-2/h2-3,5H,1H3;2*1-2H3. The summed E-state index contributed by atoms with van der Waals surface area (Å²) < 4.78 is 1.54. The van der Waals surface area contributed by atoms with E-state index in [1.54, 1.807) is 0 Å². The molecule has 0 bridgehead atoms. The van der Waals surface area contributed by atoms with Crippen molar-refractivity contribution in [3.63, 3.8) is 0 Å². The van der Waals surface area contributed by atoms with Gasteiger partial charge < -0.3 is 0 Å². The SMILES string of the molecule is CC.CC.Cc1ccc2ncc(C#N)n2n1. The quantitative estimate of drug-likeness (QED) is 0.683. The summed E-state index contributed by atoms with van der Waals surface area (Å²) in [6.45, 7) is 9.88. The maximum absolute atomic E-state index is 8.66. The third-order valence-corrected chi connectivity index (χ3v) is 1.61. The molecule has 0 aliphatic carbocycles. The Hall–Kier alpha value is -1.89. The lowest BCUT2D eigenvalue weighted by Gasteiger charge is -1.93. The summed E-state index contributed by atoms with van der Waals surface area (Å²) in [6.07, 6.45) is 1.52. The van der Waals surface area contributed by atoms with Crippen LogP contribution in [0.5, 0.6) is 0 Å². The zero-order chi connectivity index (χ0) is 12.6. The van der Waals surface area contributed by atoms with E-state index < -0.39 is 0 Å². The Balaban J connectivity index is 0.000000509. The molecule has 0 saturated heterocycles. The number of hydrogen-bond acceptors (Lipinski definition) is 3. The minimum atomic E-state index is 0.466. The Morgan fingerprint density at radius 1 is 1.19 bits per heavy atom. The van der Waals surface area contributed by atoms with E-state index in [1.807, 2.05) is 52.8 Å². The molecule has 0 saturated carbocycles. The van der Waals surface area contributed by atoms with Gasteiger partial charge in [0.25, 0.3) is 0 Å². The maximum Gasteiger partial charge on any atom is 0.162 e. The number of rotatable bonds is 0. The predicted molar refractivity (Wildman–Crippen MR) is 65.1 cm³/mol. The topological polar surface area (TPSA) is 54.0 Å². The summed E-state index contributed by atoms with van der Waals surface area (Å²) in [5, 5.41) is 12.8. The van der Waals surface area contributed by atoms with Crippen LogP contribution in [-0.2, 0) is 0 Å². The molecule has 0 spiro atoms. The van der Waals surface area contributed by atoms with Crippen LogP contribution in [-0.4, -0.2) is 14.6 Å². The Morgan fingerprint density at radius 2 is 1.81 bits per heavy atom. The highest BCUT2D eigenvalue weighted by Crippen LogP contribution is 2.03. The molecular weight excluding hydrogens is 200 g/mol. The number of nitrogens with zero attached hydrogens (tertiary/aromatic N) is 4. The van der Waals surface area contributed by atoms with Gasteiger partial charge >= 0.3 is 0 Å². The third kappa shape index (κ3) is 3.06. The molecule has 0 fully saturated rings. The number of aromatic nitrogens is 3. The summed E-state index contributed by atoms with van der Waals surface area (Å²) in [6, 6.07) is 5.72. The van der Waals surface area contributed by atoms with Gasteiger partial charge in [0.2, 0.25) is 0 Å². The first-order valence-electron chi connectivity index (χ1n) is 5.53. The average Bonchev–Trinajstić information content (AvgIpc) is 2.76. The van der Waals surface area contributed by atoms with Gasteiger partial charge in [-0.3, -0.25) is 0 Å². The van der Waals surface area contributed by atoms with E-state index in [1.165, 1.54) is 10.7 Å². The fourth-order valence-electron chi connectivity index (χ4n) is 1.04. The van der Waals surface area contributed by atoms with Gasteiger partial charge in [0.15, 0.2) is 11.3 Å². The second-order valence-electron chi connectivity index (χ2n) is 2.50. The third-order valence-electron chi connectivity index (χ3n) is 1.61. The molecule has 2 aromatic heterocycles. The summed E-state index contributed by atoms with van der Waals surface area (Å²) in [5.41, 5.74) is 2.04. The molecule has 0 aromatic carbocycles. The van der Waals surface area contributed by atoms with Crippen molar-refractivity contribution >= 4 is 5.65 Å². The van der Waals surface area contributed by atoms with Crippen molar-refractivity contribution in [2.45, 2.75) is 34.6 Å². The van der Waals surface area contributed by atoms with Crippen LogP contribution in [0.1, 0.15) is 39.1 Å². The maximum atomic E-state index is 8.66. The Morgan fingerprint density at radius 3 is 2.38 bits per heavy atom. The van der Waals surface area contributed by atoms with Gasteiger partial charge in [-0.1, -0.05) is 27.7 Å². The zero-order valence-corrected chi connectivity index (χ0v) is 10.5. The molecule has 0 unspecified atom stereocenters. The van der Waals surface area contributed by atoms with Crippen molar-refractivity contribution in [2.75, 3.05) is 0 Å². The Labute approximate surface area is 96.6 Å². The van der Waals surface area contributed by atoms with Gasteiger partial charge in [0.1, 0.15) is 6.07 Å². The van der Waals surface area contributed by atoms with Crippen molar-refractivity contribution < 1.29 is 0 Å². The summed E-state index contributed by atoms with van der Waals surface area (Å²) in [4.78, 5) is 4.01. The minimum absolute atomic E-state index is 0.466. The molecule has 0 radical (unpaired) electrons. The van der Waals surface area contributed by atoms with Crippen LogP contribution in [0, 0.1) is 18.3 Å². The molecule has 2 aromatic rings. The summed E-state index contributed by atoms with van der Waals surface area (Å²) >= 11 is 0. The largest absolute Gasteiger partial charge is 0.234 e. The number of aryl methyl sites for hydroxylation is 1. The lowest BCUT2D eigenvalue weighted by atomic mass is 10.4. The molecule has 0 aliphatic heterocycles. The highest BCUT2D eigenvalue weighted by molar-refractivity contribution is 5.41. The van der Waals surface area contributed by atoms with Gasteiger partial charge in [-0.15, -0.1) is 0 Å². The first-order chi connectivity index (χ1) is 7.81. The fourth-order valence-corrected chi connectivity index (χ4v) is 1.04. The Kier molecular flexibility index (Phi) is 6.53. The van der Waals surface area contributed by atoms with Crippen LogP contribution in [0.2, 0.25) is 0 Å². The molecule has 4 heteroatoms. The van der Waals surface area contributed by atoms with Crippen LogP contribution in [0.4, 0.5) is 0 Å². The van der Waals surface area contributed by atoms with Crippen LogP contribution in [0.3, 0.4) is 0 Å². The van der Waals surface area contributed by atoms with Gasteiger partial charge in [-0.05, 0) is 19.1 Å². The molecule has 0 amide bonds. The van der Waals surface area contributed by atoms with Crippen LogP contribution in [0.15, 0.2) is 18.3 Å². The van der Waals surface area contributed by atoms with Gasteiger partial charge in [0, 0.05) is 0 Å². The molecule has 86 valence electrons. The first-order valence-corrected chi connectivity index (χ1v) is 5.53. The van der Waals surface area contributed by atoms with E-state index in [4.69, 9.17) is 5.26 Å². The molecule has 0 aliphatic rings. The fraction of sp³-hybridized carbons (Fsp3) is 0.417. The summed E-state index contributed by atoms with van der Waals surface area (Å²) in [7, 11) is 0. The predicted octanol–water partition coefficient (Wildman–Crippen LogP) is 2.96. The van der Waals surface area contributed by atoms with Gasteiger partial charge in [0.05, 0.1) is 11.9 Å². The van der Waals surface area contributed by atoms with Crippen molar-refractivity contribution in [2.24, 2.45) is 0 Å². The molecule has 4 nitrogen and oxygen atoms in total. The van der Waals surface area contributed by atoms with E-state index in [0.29, 0.717) is 11.3 Å². The minimum Gasteiger partial charge on any atom is -0.234 e. The van der Waals surface area contributed by atoms with E-state index in [2.05, 4.69) is 10.1 Å². The lowest BCUT2D eigenvalue weighted by Crippen LogP contribution is -1.95. The lowest BCUT2D eigenvalue weighted by molar-refractivity contribution is 0.888. The highest BCUT2D eigenvalue weighted by atomic mass is 15.3. The molecule has 16 heavy (non-hydrogen) atoms. The van der Waals surface area contributed by atoms with Gasteiger partial charge in [-0.25, -0.2) is 9.50 Å². The van der Waals surface area contributed by atoms with Crippen LogP contribution >= 0.6 is 0 Å². The first kappa shape index (κ1) is 14.1. The number of imidazole rings is 1. The highest BCUT2D eigenvalue weighted by Gasteiger charge is 2.01. The molecule has 2 rings (SSSR count). The second-order valence-corrected chi connectivity index (χ2v) is 2.50. The van der Waals surface area contributed by atoms with E-state index in [-0.39, 0.29) is 0 Å². The van der Waals surface area contributed by atoms with E-state index >= 15 is 0 Å². The van der Waals surface area contributed by atoms with E-state index in [0.717, 1.165) is 5.69 Å². The second kappa shape index (κ2) is 7.41. The summed E-state index contributed by atoms with van der Waals surface area (Å²) in [5.74, 6) is 0. The van der Waals surface area contributed by atoms with Crippen LogP contribution in [0.25, 0.3) is 5.65 Å². The molecule has 0 N–H and O–H groups in total. The van der Waals surface area contributed by atoms with Crippen molar-refractivity contribution in [3.8, 4) is 6.07 Å². The van der Waals surface area contributed by atoms with Crippen LogP contribution < -0.4 is 0 Å². The van der Waals surface area contributed by atoms with E-state index in [9.17, 15) is 0 Å². The molecular formula is C12H18N4. The number of hydrogen-bond donors (Lipinski definition) is 0. The Bertz CT molecular complexity index is 465. The van der Waals surface area contributed by atoms with Crippen molar-refractivity contribution in [1.82, 2.24) is 14.6 Å². The van der Waals surface area contributed by atoms with Crippen molar-refractivity contribution in [1.29, 1.82) is 5.26 Å². The smallest absolute Gasteiger partial charge is 0.162 e. The monoisotopic (exact) mass is 218 g/mol. The normalized spacial score (nSPS) is 8.25. The number of nitriles is 1. The van der Waals surface area contributed by atoms with Gasteiger partial charge in [-0.2, -0.15) is 10.4 Å². The van der Waals surface area contributed by atoms with Crippen molar-refractivity contribution in [3.05, 3.63) is 29.7 Å². The molecule has 2 heterocycles.